The minimum atomic E-state index is 0.838. The largest absolute Gasteiger partial charge is 0.0985 e. The molecule has 0 nitrogen and oxygen atoms in total. The van der Waals surface area contributed by atoms with Crippen molar-refractivity contribution in [2.24, 2.45) is 0 Å². The van der Waals surface area contributed by atoms with E-state index in [1.165, 1.54) is 0 Å². The van der Waals surface area contributed by atoms with Gasteiger partial charge in [-0.1, -0.05) is 47.3 Å². The molecule has 0 aliphatic heterocycles. The fourth-order valence-electron chi connectivity index (χ4n) is 0.525. The summed E-state index contributed by atoms with van der Waals surface area (Å²) in [5.41, 5.74) is 2.01. The normalized spacial score (nSPS) is 10.8. The van der Waals surface area contributed by atoms with Crippen molar-refractivity contribution in [2.45, 2.75) is 6.92 Å². The Morgan fingerprint density at radius 1 is 1.40 bits per heavy atom. The van der Waals surface area contributed by atoms with Gasteiger partial charge in [-0.3, -0.25) is 0 Å². The lowest BCUT2D eigenvalue weighted by Crippen LogP contribution is -1.76. The summed E-state index contributed by atoms with van der Waals surface area (Å²) in [7, 11) is 0. The van der Waals surface area contributed by atoms with Gasteiger partial charge in [-0.2, -0.15) is 0 Å². The van der Waals surface area contributed by atoms with Crippen LogP contribution in [-0.4, -0.2) is 0 Å². The fourth-order valence-corrected chi connectivity index (χ4v) is 0.772. The molecule has 0 aromatic rings. The highest BCUT2D eigenvalue weighted by molar-refractivity contribution is 9.11. The zero-order valence-corrected chi connectivity index (χ0v) is 7.74. The highest BCUT2D eigenvalue weighted by atomic mass is 79.9. The molecule has 10 heavy (non-hydrogen) atoms. The van der Waals surface area contributed by atoms with Crippen molar-refractivity contribution < 1.29 is 0 Å². The first-order valence-electron chi connectivity index (χ1n) is 2.92. The first kappa shape index (κ1) is 9.44. The Hall–Kier alpha value is -0.560. The second-order valence-electron chi connectivity index (χ2n) is 2.03. The summed E-state index contributed by atoms with van der Waals surface area (Å²) < 4.78 is 0.838. The summed E-state index contributed by atoms with van der Waals surface area (Å²) in [6, 6.07) is 0. The SMILES string of the molecule is C=CC(=CC(=C)Br)C(=C)C. The van der Waals surface area contributed by atoms with Crippen molar-refractivity contribution >= 4 is 15.9 Å². The summed E-state index contributed by atoms with van der Waals surface area (Å²) in [4.78, 5) is 0. The molecule has 0 radical (unpaired) electrons. The van der Waals surface area contributed by atoms with Crippen LogP contribution in [0.3, 0.4) is 0 Å². The number of rotatable bonds is 3. The molecule has 1 heteroatoms. The lowest BCUT2D eigenvalue weighted by atomic mass is 10.1. The Balaban J connectivity index is 4.49. The van der Waals surface area contributed by atoms with Crippen molar-refractivity contribution in [1.82, 2.24) is 0 Å². The van der Waals surface area contributed by atoms with Crippen LogP contribution in [0, 0.1) is 0 Å². The van der Waals surface area contributed by atoms with Gasteiger partial charge >= 0.3 is 0 Å². The number of allylic oxidation sites excluding steroid dienone is 5. The van der Waals surface area contributed by atoms with E-state index in [1.807, 2.05) is 13.0 Å². The molecular weight excluding hydrogens is 188 g/mol. The van der Waals surface area contributed by atoms with Crippen molar-refractivity contribution in [3.05, 3.63) is 47.5 Å². The molecule has 54 valence electrons. The topological polar surface area (TPSA) is 0 Å². The minimum Gasteiger partial charge on any atom is -0.0985 e. The van der Waals surface area contributed by atoms with E-state index < -0.39 is 0 Å². The van der Waals surface area contributed by atoms with Crippen LogP contribution in [0.2, 0.25) is 0 Å². The monoisotopic (exact) mass is 198 g/mol. The van der Waals surface area contributed by atoms with Crippen LogP contribution in [-0.2, 0) is 0 Å². The Morgan fingerprint density at radius 2 is 1.90 bits per heavy atom. The van der Waals surface area contributed by atoms with Gasteiger partial charge in [0.15, 0.2) is 0 Å². The summed E-state index contributed by atoms with van der Waals surface area (Å²) in [6.45, 7) is 13.0. The summed E-state index contributed by atoms with van der Waals surface area (Å²) in [5, 5.41) is 0. The highest BCUT2D eigenvalue weighted by Crippen LogP contribution is 2.13. The van der Waals surface area contributed by atoms with Crippen LogP contribution in [0.5, 0.6) is 0 Å². The third-order valence-electron chi connectivity index (χ3n) is 1.02. The van der Waals surface area contributed by atoms with Crippen molar-refractivity contribution in [3.63, 3.8) is 0 Å². The van der Waals surface area contributed by atoms with E-state index in [4.69, 9.17) is 0 Å². The van der Waals surface area contributed by atoms with Crippen LogP contribution in [0.25, 0.3) is 0 Å². The molecule has 0 heterocycles. The van der Waals surface area contributed by atoms with Gasteiger partial charge in [0.25, 0.3) is 0 Å². The van der Waals surface area contributed by atoms with Gasteiger partial charge in [-0.05, 0) is 18.6 Å². The van der Waals surface area contributed by atoms with E-state index >= 15 is 0 Å². The van der Waals surface area contributed by atoms with E-state index in [2.05, 4.69) is 35.7 Å². The lowest BCUT2D eigenvalue weighted by molar-refractivity contribution is 1.46. The van der Waals surface area contributed by atoms with E-state index in [0.29, 0.717) is 0 Å². The Kier molecular flexibility index (Phi) is 4.05. The number of halogens is 1. The third kappa shape index (κ3) is 3.46. The Labute approximate surface area is 70.8 Å². The maximum atomic E-state index is 3.78. The summed E-state index contributed by atoms with van der Waals surface area (Å²) in [6.07, 6.45) is 3.64. The van der Waals surface area contributed by atoms with Gasteiger partial charge in [0.05, 0.1) is 0 Å². The molecule has 0 unspecified atom stereocenters. The van der Waals surface area contributed by atoms with Crippen LogP contribution in [0.15, 0.2) is 47.5 Å². The van der Waals surface area contributed by atoms with E-state index in [-0.39, 0.29) is 0 Å². The third-order valence-corrected chi connectivity index (χ3v) is 1.25. The van der Waals surface area contributed by atoms with Crippen LogP contribution < -0.4 is 0 Å². The average molecular weight is 199 g/mol. The predicted octanol–water partition coefficient (Wildman–Crippen LogP) is 3.58. The molecule has 0 amide bonds. The smallest absolute Gasteiger partial charge is 0.0109 e. The Morgan fingerprint density at radius 3 is 2.00 bits per heavy atom. The van der Waals surface area contributed by atoms with Crippen LogP contribution >= 0.6 is 15.9 Å². The zero-order valence-electron chi connectivity index (χ0n) is 6.15. The van der Waals surface area contributed by atoms with E-state index in [9.17, 15) is 0 Å². The molecule has 0 saturated carbocycles. The zero-order chi connectivity index (χ0) is 8.15. The second-order valence-corrected chi connectivity index (χ2v) is 3.05. The average Bonchev–Trinajstić information content (AvgIpc) is 1.81. The van der Waals surface area contributed by atoms with Gasteiger partial charge in [0.2, 0.25) is 0 Å². The fraction of sp³-hybridized carbons (Fsp3) is 0.111. The molecule has 0 rings (SSSR count). The van der Waals surface area contributed by atoms with Gasteiger partial charge in [0, 0.05) is 4.48 Å². The molecule has 0 aromatic heterocycles. The Bertz CT molecular complexity index is 197. The van der Waals surface area contributed by atoms with Crippen LogP contribution in [0.4, 0.5) is 0 Å². The maximum Gasteiger partial charge on any atom is 0.0109 e. The highest BCUT2D eigenvalue weighted by Gasteiger charge is 1.90. The quantitative estimate of drug-likeness (QED) is 0.609. The molecule has 0 aromatic carbocycles. The van der Waals surface area contributed by atoms with Crippen molar-refractivity contribution in [2.75, 3.05) is 0 Å². The van der Waals surface area contributed by atoms with Crippen LogP contribution in [0.1, 0.15) is 6.92 Å². The van der Waals surface area contributed by atoms with Crippen molar-refractivity contribution in [3.8, 4) is 0 Å². The summed E-state index contributed by atoms with van der Waals surface area (Å²) in [5.74, 6) is 0. The standard InChI is InChI=1S/C9H11Br/c1-5-9(7(2)3)6-8(4)10/h5-6H,1-2,4H2,3H3. The first-order valence-corrected chi connectivity index (χ1v) is 3.71. The lowest BCUT2D eigenvalue weighted by Gasteiger charge is -1.97. The number of hydrogen-bond acceptors (Lipinski definition) is 0. The molecular formula is C9H11Br. The van der Waals surface area contributed by atoms with Gasteiger partial charge < -0.3 is 0 Å². The molecule has 0 saturated heterocycles. The molecule has 0 bridgehead atoms. The second kappa shape index (κ2) is 4.29. The predicted molar refractivity (Wildman–Crippen MR) is 51.2 cm³/mol. The van der Waals surface area contributed by atoms with Gasteiger partial charge in [-0.25, -0.2) is 0 Å². The molecule has 0 atom stereocenters. The van der Waals surface area contributed by atoms with Gasteiger partial charge in [0.1, 0.15) is 0 Å². The maximum absolute atomic E-state index is 3.78. The van der Waals surface area contributed by atoms with Crippen molar-refractivity contribution in [1.29, 1.82) is 0 Å². The molecule has 0 aliphatic rings. The molecule has 0 N–H and O–H groups in total. The van der Waals surface area contributed by atoms with E-state index in [0.717, 1.165) is 15.6 Å². The minimum absolute atomic E-state index is 0.838. The summed E-state index contributed by atoms with van der Waals surface area (Å²) >= 11 is 3.22. The van der Waals surface area contributed by atoms with Gasteiger partial charge in [-0.15, -0.1) is 0 Å². The molecule has 0 fully saturated rings. The van der Waals surface area contributed by atoms with E-state index in [1.54, 1.807) is 6.08 Å². The first-order chi connectivity index (χ1) is 4.57. The number of hydrogen-bond donors (Lipinski definition) is 0. The molecule has 0 aliphatic carbocycles. The molecule has 0 spiro atoms.